The molecule has 0 aliphatic carbocycles. The first-order valence-electron chi connectivity index (χ1n) is 7.64. The van der Waals surface area contributed by atoms with Crippen molar-refractivity contribution in [1.29, 1.82) is 0 Å². The second-order valence-corrected chi connectivity index (χ2v) is 7.64. The van der Waals surface area contributed by atoms with E-state index in [1.165, 1.54) is 18.3 Å². The summed E-state index contributed by atoms with van der Waals surface area (Å²) in [7, 11) is 1.74. The molecule has 9 heteroatoms. The van der Waals surface area contributed by atoms with Gasteiger partial charge in [0.05, 0.1) is 27.8 Å². The zero-order chi connectivity index (χ0) is 18.8. The van der Waals surface area contributed by atoms with Gasteiger partial charge in [-0.3, -0.25) is 9.48 Å². The van der Waals surface area contributed by atoms with Crippen LogP contribution in [0, 0.1) is 5.82 Å². The highest BCUT2D eigenvalue weighted by Crippen LogP contribution is 2.38. The topological polar surface area (TPSA) is 72.9 Å². The van der Waals surface area contributed by atoms with Crippen LogP contribution in [-0.4, -0.2) is 22.2 Å². The van der Waals surface area contributed by atoms with Crippen LogP contribution in [0.4, 0.5) is 4.39 Å². The monoisotopic (exact) mass is 412 g/mol. The van der Waals surface area contributed by atoms with Crippen molar-refractivity contribution in [3.05, 3.63) is 62.1 Å². The number of halogens is 3. The summed E-state index contributed by atoms with van der Waals surface area (Å²) < 4.78 is 15.1. The first-order chi connectivity index (χ1) is 12.4. The molecule has 0 fully saturated rings. The van der Waals surface area contributed by atoms with Gasteiger partial charge in [0, 0.05) is 19.2 Å². The van der Waals surface area contributed by atoms with Gasteiger partial charge >= 0.3 is 0 Å². The first kappa shape index (κ1) is 18.8. The number of hydrogen-bond donors (Lipinski definition) is 2. The molecule has 1 unspecified atom stereocenters. The van der Waals surface area contributed by atoms with Gasteiger partial charge in [0.1, 0.15) is 10.2 Å². The van der Waals surface area contributed by atoms with E-state index in [9.17, 15) is 9.18 Å². The van der Waals surface area contributed by atoms with Gasteiger partial charge in [-0.1, -0.05) is 35.3 Å². The molecule has 0 bridgehead atoms. The summed E-state index contributed by atoms with van der Waals surface area (Å²) in [6.45, 7) is 0.177. The van der Waals surface area contributed by atoms with Crippen molar-refractivity contribution in [3.8, 4) is 11.3 Å². The third-order valence-electron chi connectivity index (χ3n) is 3.87. The molecular weight excluding hydrogens is 398 g/mol. The SMILES string of the molecule is Cn1ncc(Cl)c1-c1cc(C(=O)NC(CN)c2ccc(F)cc2)sc1Cl. The third kappa shape index (κ3) is 3.76. The summed E-state index contributed by atoms with van der Waals surface area (Å²) in [5.74, 6) is -0.667. The number of amides is 1. The molecule has 0 aliphatic heterocycles. The molecule has 3 aromatic rings. The molecule has 0 radical (unpaired) electrons. The fraction of sp³-hybridized carbons (Fsp3) is 0.176. The lowest BCUT2D eigenvalue weighted by Crippen LogP contribution is -2.32. The number of rotatable bonds is 5. The maximum atomic E-state index is 13.1. The minimum atomic E-state index is -0.437. The molecule has 3 rings (SSSR count). The van der Waals surface area contributed by atoms with E-state index in [0.717, 1.165) is 16.9 Å². The molecule has 2 heterocycles. The van der Waals surface area contributed by atoms with Crippen molar-refractivity contribution in [3.63, 3.8) is 0 Å². The molecule has 0 aliphatic rings. The lowest BCUT2D eigenvalue weighted by Gasteiger charge is -2.16. The highest BCUT2D eigenvalue weighted by atomic mass is 35.5. The molecule has 0 spiro atoms. The van der Waals surface area contributed by atoms with Crippen molar-refractivity contribution < 1.29 is 9.18 Å². The van der Waals surface area contributed by atoms with Crippen LogP contribution in [-0.2, 0) is 7.05 Å². The van der Waals surface area contributed by atoms with E-state index in [0.29, 0.717) is 25.5 Å². The van der Waals surface area contributed by atoms with Crippen LogP contribution in [0.5, 0.6) is 0 Å². The van der Waals surface area contributed by atoms with Gasteiger partial charge in [-0.2, -0.15) is 5.10 Å². The zero-order valence-electron chi connectivity index (χ0n) is 13.7. The Hall–Kier alpha value is -1.93. The van der Waals surface area contributed by atoms with E-state index >= 15 is 0 Å². The van der Waals surface area contributed by atoms with Crippen LogP contribution in [0.2, 0.25) is 9.36 Å². The van der Waals surface area contributed by atoms with Crippen molar-refractivity contribution in [2.24, 2.45) is 12.8 Å². The Bertz CT molecular complexity index is 919. The zero-order valence-corrected chi connectivity index (χ0v) is 16.0. The smallest absolute Gasteiger partial charge is 0.261 e. The van der Waals surface area contributed by atoms with Crippen LogP contribution < -0.4 is 11.1 Å². The molecule has 1 atom stereocenters. The Labute approximate surface area is 163 Å². The normalized spacial score (nSPS) is 12.2. The number of nitrogens with one attached hydrogen (secondary N) is 1. The first-order valence-corrected chi connectivity index (χ1v) is 9.21. The maximum Gasteiger partial charge on any atom is 0.261 e. The fourth-order valence-corrected chi connectivity index (χ4v) is 4.01. The summed E-state index contributed by atoms with van der Waals surface area (Å²) in [6, 6.07) is 7.07. The van der Waals surface area contributed by atoms with Gasteiger partial charge in [-0.15, -0.1) is 11.3 Å². The van der Waals surface area contributed by atoms with E-state index < -0.39 is 6.04 Å². The number of aryl methyl sites for hydroxylation is 1. The molecule has 26 heavy (non-hydrogen) atoms. The highest BCUT2D eigenvalue weighted by Gasteiger charge is 2.21. The number of aromatic nitrogens is 2. The lowest BCUT2D eigenvalue weighted by molar-refractivity contribution is 0.0942. The number of nitrogens with zero attached hydrogens (tertiary/aromatic N) is 2. The minimum absolute atomic E-state index is 0.177. The Morgan fingerprint density at radius 3 is 2.65 bits per heavy atom. The number of benzene rings is 1. The molecule has 136 valence electrons. The van der Waals surface area contributed by atoms with E-state index in [2.05, 4.69) is 10.4 Å². The summed E-state index contributed by atoms with van der Waals surface area (Å²) in [6.07, 6.45) is 1.52. The van der Waals surface area contributed by atoms with Gasteiger partial charge in [0.15, 0.2) is 0 Å². The summed E-state index contributed by atoms with van der Waals surface area (Å²) in [4.78, 5) is 13.0. The molecule has 5 nitrogen and oxygen atoms in total. The molecule has 0 saturated heterocycles. The second-order valence-electron chi connectivity index (χ2n) is 5.58. The standard InChI is InChI=1S/C17H15Cl2FN4OS/c1-24-15(12(18)8-22-24)11-6-14(26-16(11)19)17(25)23-13(7-21)9-2-4-10(20)5-3-9/h2-6,8,13H,7,21H2,1H3,(H,23,25). The predicted octanol–water partition coefficient (Wildman–Crippen LogP) is 4.02. The van der Waals surface area contributed by atoms with E-state index in [4.69, 9.17) is 28.9 Å². The van der Waals surface area contributed by atoms with Crippen LogP contribution in [0.25, 0.3) is 11.3 Å². The van der Waals surface area contributed by atoms with Crippen molar-refractivity contribution in [2.45, 2.75) is 6.04 Å². The highest BCUT2D eigenvalue weighted by molar-refractivity contribution is 7.18. The molecule has 2 aromatic heterocycles. The number of hydrogen-bond acceptors (Lipinski definition) is 4. The largest absolute Gasteiger partial charge is 0.343 e. The lowest BCUT2D eigenvalue weighted by atomic mass is 10.1. The Balaban J connectivity index is 1.84. The van der Waals surface area contributed by atoms with E-state index in [1.807, 2.05) is 0 Å². The summed E-state index contributed by atoms with van der Waals surface area (Å²) in [5, 5.41) is 7.37. The molecule has 0 saturated carbocycles. The quantitative estimate of drug-likeness (QED) is 0.664. The third-order valence-corrected chi connectivity index (χ3v) is 5.51. The van der Waals surface area contributed by atoms with Crippen molar-refractivity contribution >= 4 is 40.4 Å². The Kier molecular flexibility index (Phi) is 5.62. The van der Waals surface area contributed by atoms with E-state index in [-0.39, 0.29) is 18.3 Å². The molecule has 1 aromatic carbocycles. The van der Waals surface area contributed by atoms with Crippen LogP contribution in [0.3, 0.4) is 0 Å². The van der Waals surface area contributed by atoms with Gasteiger partial charge < -0.3 is 11.1 Å². The average Bonchev–Trinajstić information content (AvgIpc) is 3.15. The summed E-state index contributed by atoms with van der Waals surface area (Å²) >= 11 is 13.6. The Morgan fingerprint density at radius 1 is 1.38 bits per heavy atom. The maximum absolute atomic E-state index is 13.1. The second kappa shape index (κ2) is 7.75. The number of carbonyl (C=O) groups excluding carboxylic acids is 1. The predicted molar refractivity (Wildman–Crippen MR) is 102 cm³/mol. The fourth-order valence-electron chi connectivity index (χ4n) is 2.56. The van der Waals surface area contributed by atoms with Crippen molar-refractivity contribution in [2.75, 3.05) is 6.54 Å². The van der Waals surface area contributed by atoms with Gasteiger partial charge in [-0.05, 0) is 23.8 Å². The molecule has 3 N–H and O–H groups in total. The molecular formula is C17H15Cl2FN4OS. The number of nitrogens with two attached hydrogens (primary N) is 1. The average molecular weight is 413 g/mol. The van der Waals surface area contributed by atoms with Crippen LogP contribution in [0.15, 0.2) is 36.5 Å². The van der Waals surface area contributed by atoms with Gasteiger partial charge in [0.2, 0.25) is 0 Å². The summed E-state index contributed by atoms with van der Waals surface area (Å²) in [5.41, 5.74) is 7.76. The minimum Gasteiger partial charge on any atom is -0.343 e. The van der Waals surface area contributed by atoms with Crippen LogP contribution in [0.1, 0.15) is 21.3 Å². The van der Waals surface area contributed by atoms with Crippen molar-refractivity contribution in [1.82, 2.24) is 15.1 Å². The number of carbonyl (C=O) groups is 1. The Morgan fingerprint density at radius 2 is 2.08 bits per heavy atom. The van der Waals surface area contributed by atoms with E-state index in [1.54, 1.807) is 29.9 Å². The molecule has 1 amide bonds. The number of thiophene rings is 1. The van der Waals surface area contributed by atoms with Gasteiger partial charge in [0.25, 0.3) is 5.91 Å². The van der Waals surface area contributed by atoms with Crippen LogP contribution >= 0.6 is 34.5 Å². The van der Waals surface area contributed by atoms with Gasteiger partial charge in [-0.25, -0.2) is 4.39 Å².